The summed E-state index contributed by atoms with van der Waals surface area (Å²) < 4.78 is 28.3. The summed E-state index contributed by atoms with van der Waals surface area (Å²) in [6.07, 6.45) is 1.71. The van der Waals surface area contributed by atoms with E-state index < -0.39 is 12.2 Å². The van der Waals surface area contributed by atoms with Gasteiger partial charge in [-0.05, 0) is 18.2 Å². The van der Waals surface area contributed by atoms with Crippen LogP contribution >= 0.6 is 11.6 Å². The summed E-state index contributed by atoms with van der Waals surface area (Å²) in [6, 6.07) is 4.16. The van der Waals surface area contributed by atoms with Gasteiger partial charge in [-0.1, -0.05) is 16.8 Å². The molecule has 0 saturated carbocycles. The number of imidazole rings is 1. The molecule has 3 aromatic rings. The molecule has 24 heavy (non-hydrogen) atoms. The number of nitrogens with zero attached hydrogens (tertiary/aromatic N) is 5. The molecule has 0 spiro atoms. The van der Waals surface area contributed by atoms with Gasteiger partial charge in [-0.2, -0.15) is 0 Å². The second kappa shape index (κ2) is 6.36. The van der Waals surface area contributed by atoms with E-state index in [1.54, 1.807) is 29.2 Å². The highest BCUT2D eigenvalue weighted by Crippen LogP contribution is 2.22. The SMILES string of the molecule is Nc1nccn1Cc1cn(-c2ccc(Cl)c(C(=O)C(F)F)c2)nn1. The highest BCUT2D eigenvalue weighted by atomic mass is 35.5. The monoisotopic (exact) mass is 352 g/mol. The van der Waals surface area contributed by atoms with Crippen molar-refractivity contribution in [2.75, 3.05) is 5.73 Å². The number of Topliss-reactive ketones (excluding diaryl/α,β-unsaturated/α-hetero) is 1. The molecule has 10 heteroatoms. The van der Waals surface area contributed by atoms with Gasteiger partial charge in [0.25, 0.3) is 0 Å². The molecule has 0 aliphatic rings. The Hall–Kier alpha value is -2.81. The van der Waals surface area contributed by atoms with Crippen molar-refractivity contribution in [3.8, 4) is 5.69 Å². The van der Waals surface area contributed by atoms with E-state index in [4.69, 9.17) is 17.3 Å². The molecule has 0 aliphatic heterocycles. The fourth-order valence-electron chi connectivity index (χ4n) is 2.11. The fraction of sp³-hybridized carbons (Fsp3) is 0.143. The van der Waals surface area contributed by atoms with Gasteiger partial charge in [-0.15, -0.1) is 5.10 Å². The third-order valence-corrected chi connectivity index (χ3v) is 3.63. The number of alkyl halides is 2. The molecule has 0 atom stereocenters. The van der Waals surface area contributed by atoms with Crippen molar-refractivity contribution in [2.45, 2.75) is 13.0 Å². The topological polar surface area (TPSA) is 91.6 Å². The Morgan fingerprint density at radius 3 is 2.83 bits per heavy atom. The molecule has 0 radical (unpaired) electrons. The van der Waals surface area contributed by atoms with Crippen molar-refractivity contribution >= 4 is 23.3 Å². The lowest BCUT2D eigenvalue weighted by Gasteiger charge is -2.06. The molecule has 1 aromatic carbocycles. The fourth-order valence-corrected chi connectivity index (χ4v) is 2.32. The summed E-state index contributed by atoms with van der Waals surface area (Å²) in [5.74, 6) is -1.01. The number of rotatable bonds is 5. The van der Waals surface area contributed by atoms with E-state index in [0.717, 1.165) is 0 Å². The lowest BCUT2D eigenvalue weighted by atomic mass is 10.1. The summed E-state index contributed by atoms with van der Waals surface area (Å²) in [6.45, 7) is 0.349. The molecule has 0 unspecified atom stereocenters. The molecule has 3 rings (SSSR count). The second-order valence-electron chi connectivity index (χ2n) is 4.90. The molecule has 0 bridgehead atoms. The minimum Gasteiger partial charge on any atom is -0.369 e. The van der Waals surface area contributed by atoms with Gasteiger partial charge >= 0.3 is 6.43 Å². The zero-order valence-electron chi connectivity index (χ0n) is 12.1. The number of benzene rings is 1. The Kier molecular flexibility index (Phi) is 4.26. The average Bonchev–Trinajstić information content (AvgIpc) is 3.17. The van der Waals surface area contributed by atoms with Crippen molar-refractivity contribution in [1.82, 2.24) is 24.5 Å². The van der Waals surface area contributed by atoms with Crippen LogP contribution in [0, 0.1) is 0 Å². The van der Waals surface area contributed by atoms with Gasteiger partial charge in [0.1, 0.15) is 5.69 Å². The lowest BCUT2D eigenvalue weighted by Crippen LogP contribution is -2.11. The van der Waals surface area contributed by atoms with Gasteiger partial charge in [-0.3, -0.25) is 4.79 Å². The number of hydrogen-bond acceptors (Lipinski definition) is 5. The van der Waals surface area contributed by atoms with Crippen LogP contribution < -0.4 is 5.73 Å². The first-order valence-corrected chi connectivity index (χ1v) is 7.13. The summed E-state index contributed by atoms with van der Waals surface area (Å²) in [5, 5.41) is 7.86. The minimum atomic E-state index is -3.13. The molecule has 2 heterocycles. The number of nitrogens with two attached hydrogens (primary N) is 1. The van der Waals surface area contributed by atoms with Gasteiger partial charge in [0.15, 0.2) is 5.95 Å². The standard InChI is InChI=1S/C14H11ClF2N6O/c15-11-2-1-9(5-10(11)12(24)13(16)17)23-7-8(20-21-23)6-22-4-3-19-14(22)18/h1-5,7,13H,6H2,(H2,18,19). The van der Waals surface area contributed by atoms with Gasteiger partial charge in [0.2, 0.25) is 5.78 Å². The number of carbonyl (C=O) groups excluding carboxylic acids is 1. The second-order valence-corrected chi connectivity index (χ2v) is 5.30. The molecule has 7 nitrogen and oxygen atoms in total. The van der Waals surface area contributed by atoms with Gasteiger partial charge in [0.05, 0.1) is 23.5 Å². The number of nitrogen functional groups attached to an aromatic ring is 1. The zero-order valence-corrected chi connectivity index (χ0v) is 12.9. The van der Waals surface area contributed by atoms with Crippen molar-refractivity contribution in [1.29, 1.82) is 0 Å². The van der Waals surface area contributed by atoms with E-state index in [9.17, 15) is 13.6 Å². The number of ketones is 1. The molecular weight excluding hydrogens is 342 g/mol. The Morgan fingerprint density at radius 1 is 1.38 bits per heavy atom. The third-order valence-electron chi connectivity index (χ3n) is 3.30. The Balaban J connectivity index is 1.89. The Bertz CT molecular complexity index is 891. The maximum atomic E-state index is 12.6. The van der Waals surface area contributed by atoms with E-state index in [0.29, 0.717) is 23.9 Å². The predicted molar refractivity (Wildman–Crippen MR) is 82.4 cm³/mol. The minimum absolute atomic E-state index is 0.0458. The number of carbonyl (C=O) groups is 1. The highest BCUT2D eigenvalue weighted by Gasteiger charge is 2.21. The lowest BCUT2D eigenvalue weighted by molar-refractivity contribution is 0.0679. The van der Waals surface area contributed by atoms with Crippen LogP contribution in [0.3, 0.4) is 0 Å². The zero-order chi connectivity index (χ0) is 17.3. The van der Waals surface area contributed by atoms with Crippen LogP contribution in [0.4, 0.5) is 14.7 Å². The van der Waals surface area contributed by atoms with E-state index in [1.165, 1.54) is 16.8 Å². The normalized spacial score (nSPS) is 11.2. The Morgan fingerprint density at radius 2 is 2.17 bits per heavy atom. The van der Waals surface area contributed by atoms with Gasteiger partial charge in [-0.25, -0.2) is 18.4 Å². The first kappa shape index (κ1) is 16.1. The van der Waals surface area contributed by atoms with Crippen LogP contribution in [0.5, 0.6) is 0 Å². The van der Waals surface area contributed by atoms with Crippen LogP contribution in [0.2, 0.25) is 5.02 Å². The van der Waals surface area contributed by atoms with Crippen molar-refractivity contribution in [2.24, 2.45) is 0 Å². The first-order valence-electron chi connectivity index (χ1n) is 6.76. The van der Waals surface area contributed by atoms with Crippen LogP contribution in [-0.4, -0.2) is 36.8 Å². The molecule has 2 N–H and O–H groups in total. The van der Waals surface area contributed by atoms with E-state index in [1.807, 2.05) is 0 Å². The molecular formula is C14H11ClF2N6O. The number of hydrogen-bond donors (Lipinski definition) is 1. The van der Waals surface area contributed by atoms with Crippen LogP contribution in [-0.2, 0) is 6.54 Å². The molecule has 0 fully saturated rings. The van der Waals surface area contributed by atoms with Crippen LogP contribution in [0.1, 0.15) is 16.1 Å². The maximum Gasteiger partial charge on any atom is 0.300 e. The predicted octanol–water partition coefficient (Wildman–Crippen LogP) is 2.20. The van der Waals surface area contributed by atoms with Crippen molar-refractivity contribution < 1.29 is 13.6 Å². The van der Waals surface area contributed by atoms with E-state index >= 15 is 0 Å². The van der Waals surface area contributed by atoms with Gasteiger partial charge < -0.3 is 10.3 Å². The van der Waals surface area contributed by atoms with Crippen LogP contribution in [0.25, 0.3) is 5.69 Å². The van der Waals surface area contributed by atoms with Crippen molar-refractivity contribution in [3.63, 3.8) is 0 Å². The molecule has 0 saturated heterocycles. The largest absolute Gasteiger partial charge is 0.369 e. The summed E-state index contributed by atoms with van der Waals surface area (Å²) >= 11 is 5.82. The number of aromatic nitrogens is 5. The molecule has 0 amide bonds. The quantitative estimate of drug-likeness (QED) is 0.711. The maximum absolute atomic E-state index is 12.6. The number of halogens is 3. The van der Waals surface area contributed by atoms with E-state index in [-0.39, 0.29) is 10.6 Å². The smallest absolute Gasteiger partial charge is 0.300 e. The highest BCUT2D eigenvalue weighted by molar-refractivity contribution is 6.34. The molecule has 0 aliphatic carbocycles. The van der Waals surface area contributed by atoms with Crippen LogP contribution in [0.15, 0.2) is 36.8 Å². The number of anilines is 1. The average molecular weight is 353 g/mol. The van der Waals surface area contributed by atoms with E-state index in [2.05, 4.69) is 15.3 Å². The van der Waals surface area contributed by atoms with Gasteiger partial charge in [0, 0.05) is 18.0 Å². The first-order chi connectivity index (χ1) is 11.5. The Labute approximate surface area is 139 Å². The molecule has 2 aromatic heterocycles. The summed E-state index contributed by atoms with van der Waals surface area (Å²) in [4.78, 5) is 15.4. The third kappa shape index (κ3) is 3.11. The molecule has 124 valence electrons. The van der Waals surface area contributed by atoms with Crippen molar-refractivity contribution in [3.05, 3.63) is 53.1 Å². The summed E-state index contributed by atoms with van der Waals surface area (Å²) in [7, 11) is 0. The summed E-state index contributed by atoms with van der Waals surface area (Å²) in [5.41, 5.74) is 6.38.